The van der Waals surface area contributed by atoms with Gasteiger partial charge in [-0.3, -0.25) is 0 Å². The van der Waals surface area contributed by atoms with Crippen LogP contribution in [0.3, 0.4) is 0 Å². The van der Waals surface area contributed by atoms with Crippen molar-refractivity contribution in [2.45, 2.75) is 0 Å². The van der Waals surface area contributed by atoms with Crippen molar-refractivity contribution in [3.05, 3.63) is 70.1 Å². The first-order valence-corrected chi connectivity index (χ1v) is 6.75. The molecule has 0 saturated heterocycles. The van der Waals surface area contributed by atoms with Gasteiger partial charge >= 0.3 is 6.03 Å². The van der Waals surface area contributed by atoms with Gasteiger partial charge in [-0.2, -0.15) is 0 Å². The van der Waals surface area contributed by atoms with Gasteiger partial charge < -0.3 is 10.6 Å². The van der Waals surface area contributed by atoms with E-state index in [1.807, 2.05) is 12.1 Å². The third-order valence-corrected chi connectivity index (χ3v) is 3.08. The number of hydrogen-bond acceptors (Lipinski definition) is 1. The summed E-state index contributed by atoms with van der Waals surface area (Å²) in [6, 6.07) is 10.6. The van der Waals surface area contributed by atoms with Gasteiger partial charge in [0.15, 0.2) is 0 Å². The number of carbonyl (C=O) groups excluding carboxylic acids is 1. The van der Waals surface area contributed by atoms with Crippen molar-refractivity contribution in [2.24, 2.45) is 0 Å². The Balaban J connectivity index is 1.89. The fourth-order valence-electron chi connectivity index (χ4n) is 1.53. The highest BCUT2D eigenvalue weighted by molar-refractivity contribution is 6.31. The second-order valence-corrected chi connectivity index (χ2v) is 4.96. The molecule has 0 aromatic heterocycles. The number of halogens is 3. The SMILES string of the molecule is O=C(N/C=C/c1ccc(Cl)cc1)Nc1ccc(F)c(Cl)c1. The molecule has 0 spiro atoms. The zero-order valence-electron chi connectivity index (χ0n) is 10.7. The quantitative estimate of drug-likeness (QED) is 0.826. The van der Waals surface area contributed by atoms with E-state index in [-0.39, 0.29) is 5.02 Å². The van der Waals surface area contributed by atoms with Crippen molar-refractivity contribution >= 4 is 41.0 Å². The molecule has 0 aliphatic heterocycles. The highest BCUT2D eigenvalue weighted by atomic mass is 35.5. The molecule has 6 heteroatoms. The lowest BCUT2D eigenvalue weighted by molar-refractivity contribution is 0.255. The molecule has 0 heterocycles. The summed E-state index contributed by atoms with van der Waals surface area (Å²) in [6.07, 6.45) is 3.21. The fraction of sp³-hybridized carbons (Fsp3) is 0. The van der Waals surface area contributed by atoms with Gasteiger partial charge in [0.05, 0.1) is 5.02 Å². The van der Waals surface area contributed by atoms with Crippen LogP contribution in [0.15, 0.2) is 48.7 Å². The first-order chi connectivity index (χ1) is 10.0. The van der Waals surface area contributed by atoms with Gasteiger partial charge in [0.2, 0.25) is 0 Å². The molecule has 0 atom stereocenters. The van der Waals surface area contributed by atoms with E-state index in [9.17, 15) is 9.18 Å². The minimum absolute atomic E-state index is 0.0514. The summed E-state index contributed by atoms with van der Waals surface area (Å²) in [6.45, 7) is 0. The molecule has 0 saturated carbocycles. The largest absolute Gasteiger partial charge is 0.323 e. The lowest BCUT2D eigenvalue weighted by Crippen LogP contribution is -2.23. The van der Waals surface area contributed by atoms with E-state index in [0.717, 1.165) is 5.56 Å². The smallest absolute Gasteiger partial charge is 0.314 e. The minimum Gasteiger partial charge on any atom is -0.314 e. The summed E-state index contributed by atoms with van der Waals surface area (Å²) < 4.78 is 13.0. The molecule has 0 unspecified atom stereocenters. The summed E-state index contributed by atoms with van der Waals surface area (Å²) in [7, 11) is 0. The molecule has 21 heavy (non-hydrogen) atoms. The Morgan fingerprint density at radius 3 is 2.48 bits per heavy atom. The zero-order chi connectivity index (χ0) is 15.2. The van der Waals surface area contributed by atoms with Crippen LogP contribution in [0, 0.1) is 5.82 Å². The first-order valence-electron chi connectivity index (χ1n) is 5.99. The van der Waals surface area contributed by atoms with Gasteiger partial charge in [0, 0.05) is 16.9 Å². The summed E-state index contributed by atoms with van der Waals surface area (Å²) in [5, 5.41) is 5.65. The van der Waals surface area contributed by atoms with Crippen LogP contribution in [0.25, 0.3) is 6.08 Å². The van der Waals surface area contributed by atoms with Crippen LogP contribution < -0.4 is 10.6 Å². The van der Waals surface area contributed by atoms with Crippen molar-refractivity contribution in [1.82, 2.24) is 5.32 Å². The van der Waals surface area contributed by atoms with Crippen molar-refractivity contribution in [1.29, 1.82) is 0 Å². The molecule has 2 amide bonds. The molecule has 108 valence electrons. The summed E-state index contributed by atoms with van der Waals surface area (Å²) >= 11 is 11.4. The zero-order valence-corrected chi connectivity index (χ0v) is 12.3. The van der Waals surface area contributed by atoms with Gasteiger partial charge in [0.1, 0.15) is 5.82 Å². The highest BCUT2D eigenvalue weighted by Gasteiger charge is 2.03. The number of anilines is 1. The molecular weight excluding hydrogens is 314 g/mol. The number of rotatable bonds is 3. The van der Waals surface area contributed by atoms with Gasteiger partial charge in [0.25, 0.3) is 0 Å². The molecule has 0 bridgehead atoms. The maximum Gasteiger partial charge on any atom is 0.323 e. The lowest BCUT2D eigenvalue weighted by atomic mass is 10.2. The van der Waals surface area contributed by atoms with Gasteiger partial charge in [-0.25, -0.2) is 9.18 Å². The number of nitrogens with one attached hydrogen (secondary N) is 2. The summed E-state index contributed by atoms with van der Waals surface area (Å²) in [5.74, 6) is -0.537. The Morgan fingerprint density at radius 2 is 1.81 bits per heavy atom. The van der Waals surface area contributed by atoms with Gasteiger partial charge in [-0.15, -0.1) is 0 Å². The Kier molecular flexibility index (Phi) is 5.20. The van der Waals surface area contributed by atoms with Gasteiger partial charge in [-0.1, -0.05) is 35.3 Å². The van der Waals surface area contributed by atoms with Crippen molar-refractivity contribution < 1.29 is 9.18 Å². The number of benzene rings is 2. The topological polar surface area (TPSA) is 41.1 Å². The van der Waals surface area contributed by atoms with E-state index in [2.05, 4.69) is 10.6 Å². The van der Waals surface area contributed by atoms with Gasteiger partial charge in [-0.05, 0) is 42.0 Å². The van der Waals surface area contributed by atoms with Crippen LogP contribution in [0.5, 0.6) is 0 Å². The third-order valence-electron chi connectivity index (χ3n) is 2.54. The molecule has 0 aliphatic carbocycles. The van der Waals surface area contributed by atoms with Crippen molar-refractivity contribution in [3.8, 4) is 0 Å². The summed E-state index contributed by atoms with van der Waals surface area (Å²) in [5.41, 5.74) is 1.29. The van der Waals surface area contributed by atoms with E-state index in [1.54, 1.807) is 18.2 Å². The molecule has 0 radical (unpaired) electrons. The Labute approximate surface area is 131 Å². The normalized spacial score (nSPS) is 10.6. The predicted octanol–water partition coefficient (Wildman–Crippen LogP) is 4.92. The van der Waals surface area contributed by atoms with E-state index >= 15 is 0 Å². The van der Waals surface area contributed by atoms with Crippen LogP contribution in [0.4, 0.5) is 14.9 Å². The number of carbonyl (C=O) groups is 1. The molecule has 2 aromatic carbocycles. The van der Waals surface area contributed by atoms with Crippen LogP contribution >= 0.6 is 23.2 Å². The molecule has 3 nitrogen and oxygen atoms in total. The Hall–Kier alpha value is -2.04. The van der Waals surface area contributed by atoms with E-state index in [1.165, 1.54) is 24.4 Å². The van der Waals surface area contributed by atoms with E-state index in [4.69, 9.17) is 23.2 Å². The lowest BCUT2D eigenvalue weighted by Gasteiger charge is -2.05. The molecule has 0 fully saturated rings. The monoisotopic (exact) mass is 324 g/mol. The molecular formula is C15H11Cl2FN2O. The van der Waals surface area contributed by atoms with E-state index < -0.39 is 11.8 Å². The predicted molar refractivity (Wildman–Crippen MR) is 84.1 cm³/mol. The maximum absolute atomic E-state index is 13.0. The minimum atomic E-state index is -0.537. The maximum atomic E-state index is 13.0. The van der Waals surface area contributed by atoms with Crippen molar-refractivity contribution in [2.75, 3.05) is 5.32 Å². The summed E-state index contributed by atoms with van der Waals surface area (Å²) in [4.78, 5) is 11.6. The molecule has 2 aromatic rings. The first kappa shape index (κ1) is 15.4. The molecule has 2 rings (SSSR count). The number of amides is 2. The average molecular weight is 325 g/mol. The van der Waals surface area contributed by atoms with Crippen LogP contribution in [-0.4, -0.2) is 6.03 Å². The van der Waals surface area contributed by atoms with Crippen molar-refractivity contribution in [3.63, 3.8) is 0 Å². The third kappa shape index (κ3) is 4.77. The fourth-order valence-corrected chi connectivity index (χ4v) is 1.84. The second kappa shape index (κ2) is 7.11. The van der Waals surface area contributed by atoms with Crippen LogP contribution in [0.2, 0.25) is 10.0 Å². The Morgan fingerprint density at radius 1 is 1.10 bits per heavy atom. The van der Waals surface area contributed by atoms with Crippen LogP contribution in [-0.2, 0) is 0 Å². The average Bonchev–Trinajstić information content (AvgIpc) is 2.45. The highest BCUT2D eigenvalue weighted by Crippen LogP contribution is 2.19. The second-order valence-electron chi connectivity index (χ2n) is 4.11. The van der Waals surface area contributed by atoms with E-state index in [0.29, 0.717) is 10.7 Å². The Bertz CT molecular complexity index is 672. The van der Waals surface area contributed by atoms with Crippen LogP contribution in [0.1, 0.15) is 5.56 Å². The standard InChI is InChI=1S/C15H11Cl2FN2O/c16-11-3-1-10(2-4-11)7-8-19-15(21)20-12-5-6-14(18)13(17)9-12/h1-9H,(H2,19,20,21)/b8-7+. The number of hydrogen-bond donors (Lipinski definition) is 2. The number of urea groups is 1. The molecule has 2 N–H and O–H groups in total. The molecule has 0 aliphatic rings.